The second-order valence-electron chi connectivity index (χ2n) is 4.20. The lowest BCUT2D eigenvalue weighted by Gasteiger charge is -2.21. The number of benzene rings is 1. The molecule has 0 fully saturated rings. The first kappa shape index (κ1) is 13.2. The van der Waals surface area contributed by atoms with Gasteiger partial charge in [-0.3, -0.25) is 0 Å². The van der Waals surface area contributed by atoms with E-state index in [9.17, 15) is 18.7 Å². The monoisotopic (exact) mass is 268 g/mol. The zero-order valence-electron chi connectivity index (χ0n) is 9.85. The van der Waals surface area contributed by atoms with Crippen molar-refractivity contribution in [2.45, 2.75) is 12.5 Å². The van der Waals surface area contributed by atoms with Gasteiger partial charge in [0.2, 0.25) is 5.76 Å². The molecule has 100 valence electrons. The Kier molecular flexibility index (Phi) is 3.11. The van der Waals surface area contributed by atoms with Crippen LogP contribution in [0, 0.1) is 11.6 Å². The van der Waals surface area contributed by atoms with E-state index in [0.29, 0.717) is 6.07 Å². The highest BCUT2D eigenvalue weighted by atomic mass is 19.1. The molecule has 0 saturated carbocycles. The molecule has 6 heteroatoms. The summed E-state index contributed by atoms with van der Waals surface area (Å²) in [7, 11) is 0. The van der Waals surface area contributed by atoms with Crippen LogP contribution in [0.5, 0.6) is 0 Å². The van der Waals surface area contributed by atoms with Crippen LogP contribution in [0.15, 0.2) is 34.7 Å². The van der Waals surface area contributed by atoms with E-state index in [1.807, 2.05) is 0 Å². The predicted molar refractivity (Wildman–Crippen MR) is 60.7 cm³/mol. The SMILES string of the molecule is CC(O)(c1cc(F)cc(F)c1)c1ccc(C(=O)O)o1. The molecule has 0 amide bonds. The Balaban J connectivity index is 2.47. The van der Waals surface area contributed by atoms with Crippen molar-refractivity contribution in [3.05, 3.63) is 59.1 Å². The first-order valence-corrected chi connectivity index (χ1v) is 5.33. The number of hydrogen-bond acceptors (Lipinski definition) is 3. The second kappa shape index (κ2) is 4.47. The maximum absolute atomic E-state index is 13.1. The van der Waals surface area contributed by atoms with Crippen LogP contribution in [0.4, 0.5) is 8.78 Å². The fraction of sp³-hybridized carbons (Fsp3) is 0.154. The average Bonchev–Trinajstić information content (AvgIpc) is 2.77. The van der Waals surface area contributed by atoms with Gasteiger partial charge in [-0.2, -0.15) is 0 Å². The van der Waals surface area contributed by atoms with Crippen molar-refractivity contribution in [2.75, 3.05) is 0 Å². The summed E-state index contributed by atoms with van der Waals surface area (Å²) >= 11 is 0. The van der Waals surface area contributed by atoms with Crippen LogP contribution < -0.4 is 0 Å². The van der Waals surface area contributed by atoms with Gasteiger partial charge in [-0.1, -0.05) is 0 Å². The third kappa shape index (κ3) is 2.48. The molecule has 0 aliphatic heterocycles. The largest absolute Gasteiger partial charge is 0.475 e. The molecule has 1 heterocycles. The number of aliphatic hydroxyl groups is 1. The zero-order chi connectivity index (χ0) is 14.2. The lowest BCUT2D eigenvalue weighted by molar-refractivity contribution is 0.0599. The fourth-order valence-electron chi connectivity index (χ4n) is 1.69. The highest BCUT2D eigenvalue weighted by Gasteiger charge is 2.31. The number of carboxylic acids is 1. The van der Waals surface area contributed by atoms with Crippen LogP contribution in [-0.2, 0) is 5.60 Å². The van der Waals surface area contributed by atoms with Gasteiger partial charge in [-0.15, -0.1) is 0 Å². The molecule has 1 atom stereocenters. The van der Waals surface area contributed by atoms with Crippen LogP contribution in [-0.4, -0.2) is 16.2 Å². The molecule has 4 nitrogen and oxygen atoms in total. The van der Waals surface area contributed by atoms with Crippen LogP contribution >= 0.6 is 0 Å². The van der Waals surface area contributed by atoms with Gasteiger partial charge in [-0.25, -0.2) is 13.6 Å². The minimum absolute atomic E-state index is 0.0729. The number of carboxylic acid groups (broad SMARTS) is 1. The summed E-state index contributed by atoms with van der Waals surface area (Å²) in [6.07, 6.45) is 0. The Morgan fingerprint density at radius 2 is 1.79 bits per heavy atom. The van der Waals surface area contributed by atoms with E-state index < -0.39 is 23.2 Å². The number of hydrogen-bond donors (Lipinski definition) is 2. The van der Waals surface area contributed by atoms with Gasteiger partial charge >= 0.3 is 5.97 Å². The van der Waals surface area contributed by atoms with Crippen molar-refractivity contribution in [1.29, 1.82) is 0 Å². The summed E-state index contributed by atoms with van der Waals surface area (Å²) in [5.41, 5.74) is -1.91. The topological polar surface area (TPSA) is 70.7 Å². The van der Waals surface area contributed by atoms with E-state index in [4.69, 9.17) is 9.52 Å². The summed E-state index contributed by atoms with van der Waals surface area (Å²) in [6.45, 7) is 1.26. The molecule has 1 unspecified atom stereocenters. The maximum atomic E-state index is 13.1. The van der Waals surface area contributed by atoms with E-state index >= 15 is 0 Å². The van der Waals surface area contributed by atoms with Crippen LogP contribution in [0.25, 0.3) is 0 Å². The first-order valence-electron chi connectivity index (χ1n) is 5.33. The molecular formula is C13H10F2O4. The van der Waals surface area contributed by atoms with Crippen molar-refractivity contribution in [1.82, 2.24) is 0 Å². The van der Waals surface area contributed by atoms with Gasteiger partial charge in [0.1, 0.15) is 23.0 Å². The van der Waals surface area contributed by atoms with Gasteiger partial charge in [-0.05, 0) is 36.8 Å². The highest BCUT2D eigenvalue weighted by Crippen LogP contribution is 2.31. The lowest BCUT2D eigenvalue weighted by Crippen LogP contribution is -2.22. The van der Waals surface area contributed by atoms with Crippen molar-refractivity contribution in [3.63, 3.8) is 0 Å². The summed E-state index contributed by atoms with van der Waals surface area (Å²) < 4.78 is 31.2. The van der Waals surface area contributed by atoms with Crippen LogP contribution in [0.1, 0.15) is 28.8 Å². The van der Waals surface area contributed by atoms with E-state index in [-0.39, 0.29) is 17.1 Å². The smallest absolute Gasteiger partial charge is 0.371 e. The molecule has 0 saturated heterocycles. The first-order chi connectivity index (χ1) is 8.80. The van der Waals surface area contributed by atoms with E-state index in [1.165, 1.54) is 13.0 Å². The van der Waals surface area contributed by atoms with Crippen molar-refractivity contribution < 1.29 is 28.2 Å². The maximum Gasteiger partial charge on any atom is 0.371 e. The Morgan fingerprint density at radius 1 is 1.21 bits per heavy atom. The molecule has 0 aliphatic rings. The van der Waals surface area contributed by atoms with Gasteiger partial charge in [0, 0.05) is 6.07 Å². The summed E-state index contributed by atoms with van der Waals surface area (Å²) in [6, 6.07) is 4.97. The standard InChI is InChI=1S/C13H10F2O4/c1-13(18,7-4-8(14)6-9(15)5-7)11-3-2-10(19-11)12(16)17/h2-6,18H,1H3,(H,16,17). The van der Waals surface area contributed by atoms with Crippen LogP contribution in [0.2, 0.25) is 0 Å². The lowest BCUT2D eigenvalue weighted by atomic mass is 9.93. The van der Waals surface area contributed by atoms with Gasteiger partial charge in [0.25, 0.3) is 0 Å². The molecule has 0 radical (unpaired) electrons. The normalized spacial score (nSPS) is 14.1. The molecular weight excluding hydrogens is 258 g/mol. The number of halogens is 2. The molecule has 1 aromatic heterocycles. The third-order valence-electron chi connectivity index (χ3n) is 2.72. The predicted octanol–water partition coefficient (Wildman–Crippen LogP) is 2.51. The molecule has 2 N–H and O–H groups in total. The fourth-order valence-corrected chi connectivity index (χ4v) is 1.69. The zero-order valence-corrected chi connectivity index (χ0v) is 9.85. The molecule has 19 heavy (non-hydrogen) atoms. The Bertz CT molecular complexity index is 611. The highest BCUT2D eigenvalue weighted by molar-refractivity contribution is 5.84. The van der Waals surface area contributed by atoms with Crippen LogP contribution in [0.3, 0.4) is 0 Å². The van der Waals surface area contributed by atoms with E-state index in [2.05, 4.69) is 0 Å². The summed E-state index contributed by atoms with van der Waals surface area (Å²) in [5, 5.41) is 19.0. The third-order valence-corrected chi connectivity index (χ3v) is 2.72. The van der Waals surface area contributed by atoms with Crippen molar-refractivity contribution in [3.8, 4) is 0 Å². The number of rotatable bonds is 3. The number of carbonyl (C=O) groups is 1. The minimum atomic E-state index is -1.84. The quantitative estimate of drug-likeness (QED) is 0.897. The Morgan fingerprint density at radius 3 is 2.26 bits per heavy atom. The van der Waals surface area contributed by atoms with Gasteiger partial charge in [0.05, 0.1) is 0 Å². The summed E-state index contributed by atoms with van der Waals surface area (Å²) in [5.74, 6) is -3.48. The van der Waals surface area contributed by atoms with E-state index in [0.717, 1.165) is 18.2 Å². The van der Waals surface area contributed by atoms with Gasteiger partial charge in [0.15, 0.2) is 0 Å². The Hall–Kier alpha value is -2.21. The Labute approximate surface area is 106 Å². The minimum Gasteiger partial charge on any atom is -0.475 e. The molecule has 0 spiro atoms. The number of furan rings is 1. The van der Waals surface area contributed by atoms with E-state index in [1.54, 1.807) is 0 Å². The molecule has 2 rings (SSSR count). The molecule has 0 aliphatic carbocycles. The summed E-state index contributed by atoms with van der Waals surface area (Å²) in [4.78, 5) is 10.7. The molecule has 1 aromatic carbocycles. The molecule has 0 bridgehead atoms. The van der Waals surface area contributed by atoms with Crippen molar-refractivity contribution >= 4 is 5.97 Å². The van der Waals surface area contributed by atoms with Crippen molar-refractivity contribution in [2.24, 2.45) is 0 Å². The van der Waals surface area contributed by atoms with Gasteiger partial charge < -0.3 is 14.6 Å². The second-order valence-corrected chi connectivity index (χ2v) is 4.20. The number of aromatic carboxylic acids is 1. The molecule has 2 aromatic rings. The average molecular weight is 268 g/mol.